The van der Waals surface area contributed by atoms with Crippen molar-refractivity contribution in [1.29, 1.82) is 0 Å². The molecule has 1 N–H and O–H groups in total. The van der Waals surface area contributed by atoms with E-state index in [0.29, 0.717) is 19.6 Å². The summed E-state index contributed by atoms with van der Waals surface area (Å²) in [5.74, 6) is 2.45. The van der Waals surface area contributed by atoms with E-state index in [2.05, 4.69) is 10.3 Å². The highest BCUT2D eigenvalue weighted by molar-refractivity contribution is 7.99. The van der Waals surface area contributed by atoms with Crippen molar-refractivity contribution in [3.63, 3.8) is 0 Å². The van der Waals surface area contributed by atoms with E-state index in [0.717, 1.165) is 22.3 Å². The van der Waals surface area contributed by atoms with Crippen LogP contribution in [-0.2, 0) is 6.54 Å². The number of aromatic nitrogens is 1. The number of hydrogen-bond acceptors (Lipinski definition) is 4. The minimum absolute atomic E-state index is 0.0711. The van der Waals surface area contributed by atoms with Gasteiger partial charge in [-0.05, 0) is 38.1 Å². The first-order chi connectivity index (χ1) is 10.7. The molecule has 0 saturated heterocycles. The predicted molar refractivity (Wildman–Crippen MR) is 87.9 cm³/mol. The van der Waals surface area contributed by atoms with E-state index < -0.39 is 0 Å². The van der Waals surface area contributed by atoms with E-state index in [-0.39, 0.29) is 6.03 Å². The molecule has 2 aromatic heterocycles. The summed E-state index contributed by atoms with van der Waals surface area (Å²) in [6.07, 6.45) is 1.77. The summed E-state index contributed by atoms with van der Waals surface area (Å²) in [6.45, 7) is 5.59. The molecule has 0 unspecified atom stereocenters. The lowest BCUT2D eigenvalue weighted by Gasteiger charge is -2.20. The lowest BCUT2D eigenvalue weighted by atomic mass is 10.4. The summed E-state index contributed by atoms with van der Waals surface area (Å²) in [5.41, 5.74) is 0. The van der Waals surface area contributed by atoms with Crippen LogP contribution in [0.25, 0.3) is 0 Å². The average Bonchev–Trinajstić information content (AvgIpc) is 2.95. The van der Waals surface area contributed by atoms with Crippen LogP contribution < -0.4 is 5.32 Å². The number of carbonyl (C=O) groups excluding carboxylic acids is 1. The van der Waals surface area contributed by atoms with Crippen LogP contribution in [-0.4, -0.2) is 34.8 Å². The van der Waals surface area contributed by atoms with Crippen molar-refractivity contribution < 1.29 is 9.21 Å². The van der Waals surface area contributed by atoms with Gasteiger partial charge in [0, 0.05) is 25.0 Å². The molecule has 0 aromatic carbocycles. The van der Waals surface area contributed by atoms with E-state index in [9.17, 15) is 4.79 Å². The van der Waals surface area contributed by atoms with E-state index in [1.165, 1.54) is 0 Å². The normalized spacial score (nSPS) is 10.5. The molecule has 0 bridgehead atoms. The van der Waals surface area contributed by atoms with Gasteiger partial charge in [-0.2, -0.15) is 0 Å². The van der Waals surface area contributed by atoms with Gasteiger partial charge in [0.25, 0.3) is 0 Å². The van der Waals surface area contributed by atoms with Gasteiger partial charge in [0.1, 0.15) is 11.5 Å². The van der Waals surface area contributed by atoms with Gasteiger partial charge in [0.2, 0.25) is 0 Å². The van der Waals surface area contributed by atoms with Gasteiger partial charge in [-0.15, -0.1) is 11.8 Å². The summed E-state index contributed by atoms with van der Waals surface area (Å²) in [6, 6.07) is 9.55. The molecule has 0 atom stereocenters. The smallest absolute Gasteiger partial charge is 0.317 e. The van der Waals surface area contributed by atoms with E-state index in [1.807, 2.05) is 44.2 Å². The van der Waals surface area contributed by atoms with Gasteiger partial charge < -0.3 is 14.6 Å². The maximum Gasteiger partial charge on any atom is 0.317 e. The van der Waals surface area contributed by atoms with Gasteiger partial charge in [0.15, 0.2) is 0 Å². The number of pyridine rings is 1. The Morgan fingerprint density at radius 1 is 1.36 bits per heavy atom. The number of aryl methyl sites for hydroxylation is 1. The van der Waals surface area contributed by atoms with Crippen LogP contribution in [0.5, 0.6) is 0 Å². The Bertz CT molecular complexity index is 586. The van der Waals surface area contributed by atoms with Crippen molar-refractivity contribution in [2.24, 2.45) is 0 Å². The zero-order valence-corrected chi connectivity index (χ0v) is 13.7. The Hall–Kier alpha value is -1.95. The zero-order valence-electron chi connectivity index (χ0n) is 12.9. The van der Waals surface area contributed by atoms with Gasteiger partial charge in [-0.1, -0.05) is 6.07 Å². The standard InChI is InChI=1S/C16H21N3O2S/c1-3-19(12-14-8-7-13(2)21-14)16(20)18-10-11-22-15-6-4-5-9-17-15/h4-9H,3,10-12H2,1-2H3,(H,18,20). The monoisotopic (exact) mass is 319 g/mol. The molecular weight excluding hydrogens is 298 g/mol. The van der Waals surface area contributed by atoms with Crippen LogP contribution in [0.15, 0.2) is 46.0 Å². The first kappa shape index (κ1) is 16.4. The zero-order chi connectivity index (χ0) is 15.8. The Morgan fingerprint density at radius 2 is 2.23 bits per heavy atom. The fraction of sp³-hybridized carbons (Fsp3) is 0.375. The van der Waals surface area contributed by atoms with Crippen molar-refractivity contribution >= 4 is 17.8 Å². The number of amides is 2. The highest BCUT2D eigenvalue weighted by atomic mass is 32.2. The number of rotatable bonds is 7. The summed E-state index contributed by atoms with van der Waals surface area (Å²) in [5, 5.41) is 3.90. The number of thioether (sulfide) groups is 1. The minimum Gasteiger partial charge on any atom is -0.464 e. The summed E-state index contributed by atoms with van der Waals surface area (Å²) in [7, 11) is 0. The van der Waals surface area contributed by atoms with Crippen LogP contribution in [0.2, 0.25) is 0 Å². The quantitative estimate of drug-likeness (QED) is 0.628. The summed E-state index contributed by atoms with van der Waals surface area (Å²) < 4.78 is 5.52. The molecule has 0 aliphatic rings. The Balaban J connectivity index is 1.72. The maximum atomic E-state index is 12.1. The molecule has 0 saturated carbocycles. The number of nitrogens with zero attached hydrogens (tertiary/aromatic N) is 2. The van der Waals surface area contributed by atoms with Gasteiger partial charge in [-0.3, -0.25) is 0 Å². The number of hydrogen-bond donors (Lipinski definition) is 1. The molecule has 2 amide bonds. The molecule has 0 aliphatic heterocycles. The molecular formula is C16H21N3O2S. The van der Waals surface area contributed by atoms with Crippen molar-refractivity contribution in [3.05, 3.63) is 48.0 Å². The van der Waals surface area contributed by atoms with Crippen LogP contribution in [0.3, 0.4) is 0 Å². The second-order valence-electron chi connectivity index (χ2n) is 4.77. The molecule has 0 aliphatic carbocycles. The van der Waals surface area contributed by atoms with Crippen LogP contribution in [0, 0.1) is 6.92 Å². The third-order valence-corrected chi connectivity index (χ3v) is 4.02. The van der Waals surface area contributed by atoms with Crippen LogP contribution in [0.4, 0.5) is 4.79 Å². The second-order valence-corrected chi connectivity index (χ2v) is 5.89. The number of furan rings is 1. The molecule has 0 fully saturated rings. The third kappa shape index (κ3) is 5.11. The summed E-state index contributed by atoms with van der Waals surface area (Å²) >= 11 is 1.63. The van der Waals surface area contributed by atoms with Crippen molar-refractivity contribution in [2.45, 2.75) is 25.4 Å². The van der Waals surface area contributed by atoms with Crippen molar-refractivity contribution in [1.82, 2.24) is 15.2 Å². The first-order valence-electron chi connectivity index (χ1n) is 7.31. The number of carbonyl (C=O) groups is 1. The predicted octanol–water partition coefficient (Wildman–Crippen LogP) is 3.31. The molecule has 22 heavy (non-hydrogen) atoms. The Morgan fingerprint density at radius 3 is 2.86 bits per heavy atom. The first-order valence-corrected chi connectivity index (χ1v) is 8.29. The van der Waals surface area contributed by atoms with Crippen molar-refractivity contribution in [3.8, 4) is 0 Å². The van der Waals surface area contributed by atoms with E-state index >= 15 is 0 Å². The lowest BCUT2D eigenvalue weighted by molar-refractivity contribution is 0.194. The van der Waals surface area contributed by atoms with Gasteiger partial charge in [-0.25, -0.2) is 9.78 Å². The molecule has 0 radical (unpaired) electrons. The molecule has 5 nitrogen and oxygen atoms in total. The third-order valence-electron chi connectivity index (χ3n) is 3.08. The fourth-order valence-corrected chi connectivity index (χ4v) is 2.67. The van der Waals surface area contributed by atoms with Gasteiger partial charge >= 0.3 is 6.03 Å². The second kappa shape index (κ2) is 8.48. The van der Waals surface area contributed by atoms with E-state index in [4.69, 9.17) is 4.42 Å². The molecule has 2 heterocycles. The number of nitrogens with one attached hydrogen (secondary N) is 1. The fourth-order valence-electron chi connectivity index (χ4n) is 1.94. The topological polar surface area (TPSA) is 58.4 Å². The van der Waals surface area contributed by atoms with Crippen LogP contribution >= 0.6 is 11.8 Å². The lowest BCUT2D eigenvalue weighted by Crippen LogP contribution is -2.40. The Labute approximate surface area is 135 Å². The van der Waals surface area contributed by atoms with Crippen LogP contribution in [0.1, 0.15) is 18.4 Å². The number of urea groups is 1. The van der Waals surface area contributed by atoms with E-state index in [1.54, 1.807) is 22.9 Å². The maximum absolute atomic E-state index is 12.1. The Kier molecular flexibility index (Phi) is 6.33. The highest BCUT2D eigenvalue weighted by Gasteiger charge is 2.13. The summed E-state index contributed by atoms with van der Waals surface area (Å²) in [4.78, 5) is 18.1. The average molecular weight is 319 g/mol. The molecule has 6 heteroatoms. The molecule has 0 spiro atoms. The largest absolute Gasteiger partial charge is 0.464 e. The minimum atomic E-state index is -0.0711. The SMILES string of the molecule is CCN(Cc1ccc(C)o1)C(=O)NCCSc1ccccn1. The van der Waals surface area contributed by atoms with Crippen molar-refractivity contribution in [2.75, 3.05) is 18.8 Å². The highest BCUT2D eigenvalue weighted by Crippen LogP contribution is 2.13. The molecule has 2 rings (SSSR count). The molecule has 118 valence electrons. The van der Waals surface area contributed by atoms with Gasteiger partial charge in [0.05, 0.1) is 11.6 Å². The molecule has 2 aromatic rings.